The highest BCUT2D eigenvalue weighted by molar-refractivity contribution is 8.14. The molecule has 2 N–H and O–H groups in total. The van der Waals surface area contributed by atoms with Crippen molar-refractivity contribution < 1.29 is 38.1 Å². The largest absolute Gasteiger partial charge is 0.449 e. The SMILES string of the molecule is CCCCC(=O)O[C@]1(C(=O)SCC#CCO)[C@H](C)C[C@H]2[C@@H]3C[C@H](F)C4=CC(=O)C=C[C@]4(C)[C@@]3(F)[C@@H](O)C[C@@]21C. The second-order valence-corrected chi connectivity index (χ2v) is 12.8. The molecule has 9 heteroatoms. The number of aliphatic hydroxyl groups excluding tert-OH is 2. The molecule has 0 spiro atoms. The summed E-state index contributed by atoms with van der Waals surface area (Å²) in [6.07, 6.45) is 1.89. The van der Waals surface area contributed by atoms with Crippen LogP contribution in [0.2, 0.25) is 0 Å². The fraction of sp³-hybridized carbons (Fsp3) is 0.700. The topological polar surface area (TPSA) is 101 Å². The van der Waals surface area contributed by atoms with Crippen LogP contribution in [0, 0.1) is 40.4 Å². The lowest BCUT2D eigenvalue weighted by Crippen LogP contribution is -2.70. The molecule has 0 amide bonds. The summed E-state index contributed by atoms with van der Waals surface area (Å²) in [4.78, 5) is 39.1. The fourth-order valence-electron chi connectivity index (χ4n) is 8.09. The molecule has 0 unspecified atom stereocenters. The first kappa shape index (κ1) is 30.0. The summed E-state index contributed by atoms with van der Waals surface area (Å²) in [6, 6.07) is 0. The molecule has 6 nitrogen and oxygen atoms in total. The monoisotopic (exact) mass is 564 g/mol. The van der Waals surface area contributed by atoms with Crippen molar-refractivity contribution >= 4 is 28.6 Å². The lowest BCUT2D eigenvalue weighted by Gasteiger charge is -2.63. The second kappa shape index (κ2) is 10.8. The molecule has 4 aliphatic rings. The number of ether oxygens (including phenoxy) is 1. The highest BCUT2D eigenvalue weighted by atomic mass is 32.2. The third-order valence-electron chi connectivity index (χ3n) is 9.96. The molecule has 0 aromatic carbocycles. The Hall–Kier alpha value is -2.02. The maximum atomic E-state index is 17.5. The molecule has 3 saturated carbocycles. The van der Waals surface area contributed by atoms with Gasteiger partial charge in [-0.3, -0.25) is 14.4 Å². The molecule has 3 fully saturated rings. The van der Waals surface area contributed by atoms with Gasteiger partial charge in [0.15, 0.2) is 17.1 Å². The average molecular weight is 565 g/mol. The standard InChI is InChI=1S/C30H38F2O6S/c1-5-6-9-25(36)38-30(26(37)39-13-8-7-12-33)18(2)14-20-21-16-23(31)22-15-19(34)10-11-27(22,3)29(21,32)24(35)17-28(20,30)4/h10-11,15,18,20-21,23-24,33,35H,5-6,9,12-14,16-17H2,1-4H3/t18-,20+,21+,23+,24+,27+,28+,29+,30+/m1/s1. The maximum absolute atomic E-state index is 17.5. The van der Waals surface area contributed by atoms with Crippen molar-refractivity contribution in [1.82, 2.24) is 0 Å². The number of hydrogen-bond acceptors (Lipinski definition) is 7. The van der Waals surface area contributed by atoms with Gasteiger partial charge in [0.2, 0.25) is 5.12 Å². The van der Waals surface area contributed by atoms with E-state index in [0.717, 1.165) is 24.3 Å². The number of fused-ring (bicyclic) bond motifs is 5. The van der Waals surface area contributed by atoms with E-state index in [2.05, 4.69) is 11.8 Å². The molecule has 0 heterocycles. The number of alkyl halides is 2. The van der Waals surface area contributed by atoms with E-state index in [4.69, 9.17) is 9.84 Å². The van der Waals surface area contributed by atoms with E-state index in [1.165, 1.54) is 19.1 Å². The van der Waals surface area contributed by atoms with Crippen LogP contribution in [0.5, 0.6) is 0 Å². The fourth-order valence-corrected chi connectivity index (χ4v) is 9.08. The average Bonchev–Trinajstić information content (AvgIpc) is 3.10. The van der Waals surface area contributed by atoms with Gasteiger partial charge in [-0.15, -0.1) is 0 Å². The van der Waals surface area contributed by atoms with Gasteiger partial charge in [0, 0.05) is 29.1 Å². The van der Waals surface area contributed by atoms with Gasteiger partial charge in [0.1, 0.15) is 12.8 Å². The van der Waals surface area contributed by atoms with Crippen molar-refractivity contribution in [2.75, 3.05) is 12.4 Å². The Balaban J connectivity index is 1.80. The third kappa shape index (κ3) is 4.33. The van der Waals surface area contributed by atoms with Gasteiger partial charge >= 0.3 is 5.97 Å². The Labute approximate surface area is 233 Å². The zero-order valence-corrected chi connectivity index (χ0v) is 23.8. The van der Waals surface area contributed by atoms with Gasteiger partial charge in [-0.2, -0.15) is 0 Å². The second-order valence-electron chi connectivity index (χ2n) is 11.9. The van der Waals surface area contributed by atoms with Crippen LogP contribution in [0.3, 0.4) is 0 Å². The van der Waals surface area contributed by atoms with Crippen molar-refractivity contribution in [1.29, 1.82) is 0 Å². The lowest BCUT2D eigenvalue weighted by molar-refractivity contribution is -0.228. The first-order valence-electron chi connectivity index (χ1n) is 13.7. The van der Waals surface area contributed by atoms with Crippen molar-refractivity contribution in [3.8, 4) is 11.8 Å². The van der Waals surface area contributed by atoms with Crippen molar-refractivity contribution in [2.45, 2.75) is 89.8 Å². The molecule has 0 aromatic heterocycles. The first-order valence-corrected chi connectivity index (χ1v) is 14.7. The van der Waals surface area contributed by atoms with Gasteiger partial charge < -0.3 is 14.9 Å². The Kier molecular flexibility index (Phi) is 8.26. The number of allylic oxidation sites excluding steroid dienone is 4. The van der Waals surface area contributed by atoms with E-state index in [9.17, 15) is 19.5 Å². The number of carbonyl (C=O) groups excluding carboxylic acids is 3. The molecule has 4 rings (SSSR count). The van der Waals surface area contributed by atoms with Crippen LogP contribution in [0.25, 0.3) is 0 Å². The van der Waals surface area contributed by atoms with Crippen LogP contribution in [0.1, 0.15) is 66.2 Å². The zero-order valence-electron chi connectivity index (χ0n) is 23.0. The molecular weight excluding hydrogens is 526 g/mol. The molecule has 0 aromatic rings. The number of rotatable bonds is 6. The smallest absolute Gasteiger partial charge is 0.306 e. The van der Waals surface area contributed by atoms with Crippen LogP contribution in [0.15, 0.2) is 23.8 Å². The van der Waals surface area contributed by atoms with E-state index < -0.39 is 69.0 Å². The van der Waals surface area contributed by atoms with Crippen LogP contribution in [0.4, 0.5) is 8.78 Å². The van der Waals surface area contributed by atoms with E-state index in [0.29, 0.717) is 12.8 Å². The number of hydrogen-bond donors (Lipinski definition) is 2. The molecule has 0 aliphatic heterocycles. The number of esters is 1. The van der Waals surface area contributed by atoms with Crippen LogP contribution >= 0.6 is 11.8 Å². The maximum Gasteiger partial charge on any atom is 0.306 e. The highest BCUT2D eigenvalue weighted by Crippen LogP contribution is 2.72. The van der Waals surface area contributed by atoms with Gasteiger partial charge in [-0.1, -0.05) is 56.9 Å². The normalized spacial score (nSPS) is 42.4. The van der Waals surface area contributed by atoms with E-state index in [1.54, 1.807) is 13.8 Å². The Morgan fingerprint density at radius 2 is 1.95 bits per heavy atom. The van der Waals surface area contributed by atoms with E-state index >= 15 is 8.78 Å². The minimum Gasteiger partial charge on any atom is -0.449 e. The van der Waals surface area contributed by atoms with Crippen LogP contribution < -0.4 is 0 Å². The number of aliphatic hydroxyl groups is 2. The molecule has 4 aliphatic carbocycles. The summed E-state index contributed by atoms with van der Waals surface area (Å²) in [5, 5.41) is 20.1. The van der Waals surface area contributed by atoms with Gasteiger partial charge in [-0.25, -0.2) is 8.78 Å². The molecule has 214 valence electrons. The first-order chi connectivity index (χ1) is 18.3. The molecule has 0 saturated heterocycles. The Morgan fingerprint density at radius 1 is 1.23 bits per heavy atom. The minimum absolute atomic E-state index is 0.0359. The Morgan fingerprint density at radius 3 is 2.62 bits per heavy atom. The number of thioether (sulfide) groups is 1. The summed E-state index contributed by atoms with van der Waals surface area (Å²) in [6.45, 7) is 6.67. The predicted molar refractivity (Wildman–Crippen MR) is 144 cm³/mol. The summed E-state index contributed by atoms with van der Waals surface area (Å²) in [5.74, 6) is 2.24. The number of unbranched alkanes of at least 4 members (excludes halogenated alkanes) is 1. The summed E-state index contributed by atoms with van der Waals surface area (Å²) >= 11 is 0.876. The lowest BCUT2D eigenvalue weighted by atomic mass is 9.44. The molecule has 9 atom stereocenters. The van der Waals surface area contributed by atoms with Crippen molar-refractivity contribution in [3.63, 3.8) is 0 Å². The van der Waals surface area contributed by atoms with Crippen LogP contribution in [-0.2, 0) is 19.1 Å². The van der Waals surface area contributed by atoms with Crippen molar-refractivity contribution in [3.05, 3.63) is 23.8 Å². The third-order valence-corrected chi connectivity index (χ3v) is 10.8. The minimum atomic E-state index is -2.28. The predicted octanol–water partition coefficient (Wildman–Crippen LogP) is 4.28. The quantitative estimate of drug-likeness (QED) is 0.367. The van der Waals surface area contributed by atoms with Gasteiger partial charge in [0.05, 0.1) is 11.9 Å². The zero-order chi connectivity index (χ0) is 28.8. The van der Waals surface area contributed by atoms with E-state index in [1.807, 2.05) is 6.92 Å². The molecule has 0 bridgehead atoms. The molecule has 0 radical (unpaired) electrons. The molecular formula is C30H38F2O6S. The van der Waals surface area contributed by atoms with E-state index in [-0.39, 0.29) is 37.2 Å². The number of ketones is 1. The summed E-state index contributed by atoms with van der Waals surface area (Å²) in [7, 11) is 0. The highest BCUT2D eigenvalue weighted by Gasteiger charge is 2.78. The van der Waals surface area contributed by atoms with Gasteiger partial charge in [-0.05, 0) is 56.3 Å². The number of carbonyl (C=O) groups is 3. The number of halogens is 2. The summed E-state index contributed by atoms with van der Waals surface area (Å²) in [5.41, 5.74) is -6.62. The Bertz CT molecular complexity index is 1160. The van der Waals surface area contributed by atoms with Crippen molar-refractivity contribution in [2.24, 2.45) is 28.6 Å². The molecule has 39 heavy (non-hydrogen) atoms. The van der Waals surface area contributed by atoms with Gasteiger partial charge in [0.25, 0.3) is 0 Å². The summed E-state index contributed by atoms with van der Waals surface area (Å²) < 4.78 is 39.3. The van der Waals surface area contributed by atoms with Crippen LogP contribution in [-0.4, -0.2) is 63.0 Å².